The predicted octanol–water partition coefficient (Wildman–Crippen LogP) is 6.41. The van der Waals surface area contributed by atoms with Crippen LogP contribution < -0.4 is 4.90 Å². The highest BCUT2D eigenvalue weighted by Gasteiger charge is 2.19. The van der Waals surface area contributed by atoms with Crippen LogP contribution in [0.25, 0.3) is 16.3 Å². The lowest BCUT2D eigenvalue weighted by Crippen LogP contribution is -2.28. The largest absolute Gasteiger partial charge is 0.280 e. The number of benzene rings is 3. The summed E-state index contributed by atoms with van der Waals surface area (Å²) in [6.07, 6.45) is 3.09. The molecule has 160 valence electrons. The molecule has 1 aromatic heterocycles. The molecular formula is C24H18ClN3O3S. The van der Waals surface area contributed by atoms with Crippen molar-refractivity contribution in [1.29, 1.82) is 0 Å². The van der Waals surface area contributed by atoms with Gasteiger partial charge in [0.25, 0.3) is 11.6 Å². The number of carbonyl (C=O) groups excluding carboxylic acids is 1. The zero-order valence-electron chi connectivity index (χ0n) is 17.1. The lowest BCUT2D eigenvalue weighted by Gasteiger charge is -2.18. The topological polar surface area (TPSA) is 76.3 Å². The van der Waals surface area contributed by atoms with Crippen molar-refractivity contribution in [3.8, 4) is 0 Å². The minimum Gasteiger partial charge on any atom is -0.280 e. The van der Waals surface area contributed by atoms with Gasteiger partial charge in [-0.3, -0.25) is 19.8 Å². The summed E-state index contributed by atoms with van der Waals surface area (Å²) in [5, 5.41) is 12.0. The van der Waals surface area contributed by atoms with Gasteiger partial charge in [0, 0.05) is 23.2 Å². The quantitative estimate of drug-likeness (QED) is 0.188. The van der Waals surface area contributed by atoms with Crippen LogP contribution in [-0.4, -0.2) is 15.8 Å². The molecule has 0 fully saturated rings. The fourth-order valence-electron chi connectivity index (χ4n) is 3.23. The van der Waals surface area contributed by atoms with Crippen LogP contribution >= 0.6 is 22.9 Å². The molecule has 1 heterocycles. The molecule has 0 saturated heterocycles. The number of nitro groups is 1. The fourth-order valence-corrected chi connectivity index (χ4v) is 4.65. The van der Waals surface area contributed by atoms with E-state index in [9.17, 15) is 14.9 Å². The van der Waals surface area contributed by atoms with E-state index in [-0.39, 0.29) is 11.6 Å². The molecule has 0 saturated carbocycles. The smallest absolute Gasteiger partial charge is 0.269 e. The van der Waals surface area contributed by atoms with Crippen LogP contribution in [0, 0.1) is 17.0 Å². The van der Waals surface area contributed by atoms with Crippen LogP contribution in [0.4, 0.5) is 10.8 Å². The summed E-state index contributed by atoms with van der Waals surface area (Å²) in [6.45, 7) is 2.30. The SMILES string of the molecule is Cc1cc(Cl)cc2sc(N(Cc3ccccc3)C(=O)/C=C\c3ccc([N+](=O)[O-])cc3)nc12. The molecule has 0 radical (unpaired) electrons. The number of nitrogens with zero attached hydrogens (tertiary/aromatic N) is 3. The Hall–Kier alpha value is -3.55. The van der Waals surface area contributed by atoms with Gasteiger partial charge in [-0.05, 0) is 54.0 Å². The minimum absolute atomic E-state index is 0.00249. The number of thiazole rings is 1. The second-order valence-electron chi connectivity index (χ2n) is 7.16. The number of amides is 1. The van der Waals surface area contributed by atoms with Gasteiger partial charge in [0.05, 0.1) is 21.7 Å². The minimum atomic E-state index is -0.457. The van der Waals surface area contributed by atoms with Crippen LogP contribution in [0.15, 0.2) is 72.8 Å². The van der Waals surface area contributed by atoms with E-state index in [1.165, 1.54) is 29.5 Å². The Bertz CT molecular complexity index is 1320. The summed E-state index contributed by atoms with van der Waals surface area (Å²) in [7, 11) is 0. The van der Waals surface area contributed by atoms with E-state index in [0.717, 1.165) is 21.3 Å². The van der Waals surface area contributed by atoms with Crippen LogP contribution in [0.5, 0.6) is 0 Å². The zero-order valence-corrected chi connectivity index (χ0v) is 18.6. The van der Waals surface area contributed by atoms with Crippen molar-refractivity contribution >= 4 is 56.0 Å². The number of fused-ring (bicyclic) bond motifs is 1. The number of carbonyl (C=O) groups is 1. The van der Waals surface area contributed by atoms with Crippen LogP contribution in [0.2, 0.25) is 5.02 Å². The van der Waals surface area contributed by atoms with Gasteiger partial charge in [-0.1, -0.05) is 53.3 Å². The van der Waals surface area contributed by atoms with Crippen LogP contribution in [-0.2, 0) is 11.3 Å². The molecule has 0 aliphatic heterocycles. The molecule has 1 amide bonds. The first-order chi connectivity index (χ1) is 15.4. The Labute approximate surface area is 193 Å². The van der Waals surface area contributed by atoms with Gasteiger partial charge < -0.3 is 0 Å². The number of aromatic nitrogens is 1. The molecule has 0 aliphatic rings. The molecule has 0 bridgehead atoms. The summed E-state index contributed by atoms with van der Waals surface area (Å²) in [6, 6.07) is 19.4. The fraction of sp³-hybridized carbons (Fsp3) is 0.0833. The number of rotatable bonds is 6. The Kier molecular flexibility index (Phi) is 6.30. The molecule has 4 rings (SSSR count). The van der Waals surface area contributed by atoms with Gasteiger partial charge in [0.2, 0.25) is 0 Å². The Morgan fingerprint density at radius 3 is 2.56 bits per heavy atom. The number of non-ortho nitro benzene ring substituents is 1. The van der Waals surface area contributed by atoms with Gasteiger partial charge in [-0.2, -0.15) is 0 Å². The maximum absolute atomic E-state index is 13.2. The number of hydrogen-bond acceptors (Lipinski definition) is 5. The number of aryl methyl sites for hydroxylation is 1. The highest BCUT2D eigenvalue weighted by Crippen LogP contribution is 2.34. The Morgan fingerprint density at radius 1 is 1.16 bits per heavy atom. The Morgan fingerprint density at radius 2 is 1.88 bits per heavy atom. The predicted molar refractivity (Wildman–Crippen MR) is 129 cm³/mol. The number of nitro benzene ring substituents is 1. The van der Waals surface area contributed by atoms with E-state index in [4.69, 9.17) is 16.6 Å². The maximum atomic E-state index is 13.2. The van der Waals surface area contributed by atoms with Gasteiger partial charge >= 0.3 is 0 Å². The number of hydrogen-bond donors (Lipinski definition) is 0. The van der Waals surface area contributed by atoms with Crippen molar-refractivity contribution in [2.75, 3.05) is 4.90 Å². The highest BCUT2D eigenvalue weighted by atomic mass is 35.5. The number of anilines is 1. The molecule has 0 aliphatic carbocycles. The molecule has 0 spiro atoms. The molecule has 8 heteroatoms. The first kappa shape index (κ1) is 21.7. The maximum Gasteiger partial charge on any atom is 0.269 e. The average molecular weight is 464 g/mol. The van der Waals surface area contributed by atoms with Crippen molar-refractivity contribution in [3.63, 3.8) is 0 Å². The third kappa shape index (κ3) is 4.85. The van der Waals surface area contributed by atoms with Crippen LogP contribution in [0.1, 0.15) is 16.7 Å². The van der Waals surface area contributed by atoms with Crippen LogP contribution in [0.3, 0.4) is 0 Å². The summed E-state index contributed by atoms with van der Waals surface area (Å²) < 4.78 is 0.912. The van der Waals surface area contributed by atoms with Crippen molar-refractivity contribution in [3.05, 3.63) is 105 Å². The Balaban J connectivity index is 1.66. The van der Waals surface area contributed by atoms with Crippen molar-refractivity contribution < 1.29 is 9.72 Å². The molecule has 0 atom stereocenters. The molecule has 32 heavy (non-hydrogen) atoms. The third-order valence-corrected chi connectivity index (χ3v) is 6.09. The lowest BCUT2D eigenvalue weighted by molar-refractivity contribution is -0.384. The van der Waals surface area contributed by atoms with Crippen molar-refractivity contribution in [2.45, 2.75) is 13.5 Å². The lowest BCUT2D eigenvalue weighted by atomic mass is 10.2. The molecule has 0 N–H and O–H groups in total. The van der Waals surface area contributed by atoms with Gasteiger partial charge in [-0.15, -0.1) is 0 Å². The second-order valence-corrected chi connectivity index (χ2v) is 8.60. The first-order valence-corrected chi connectivity index (χ1v) is 10.9. The number of halogens is 1. The van der Waals surface area contributed by atoms with E-state index >= 15 is 0 Å². The van der Waals surface area contributed by atoms with E-state index < -0.39 is 4.92 Å². The standard InChI is InChI=1S/C24H18ClN3O3S/c1-16-13-19(25)14-21-23(16)26-24(32-21)27(15-18-5-3-2-4-6-18)22(29)12-9-17-7-10-20(11-8-17)28(30)31/h2-14H,15H2,1H3/b12-9-. The molecule has 4 aromatic rings. The molecule has 6 nitrogen and oxygen atoms in total. The van der Waals surface area contributed by atoms with Gasteiger partial charge in [0.1, 0.15) is 0 Å². The van der Waals surface area contributed by atoms with Gasteiger partial charge in [-0.25, -0.2) is 4.98 Å². The molecular weight excluding hydrogens is 446 g/mol. The first-order valence-electron chi connectivity index (χ1n) is 9.75. The molecule has 3 aromatic carbocycles. The summed E-state index contributed by atoms with van der Waals surface area (Å²) >= 11 is 7.61. The van der Waals surface area contributed by atoms with E-state index in [1.807, 2.05) is 49.4 Å². The average Bonchev–Trinajstić information content (AvgIpc) is 3.21. The van der Waals surface area contributed by atoms with Crippen molar-refractivity contribution in [2.24, 2.45) is 0 Å². The van der Waals surface area contributed by atoms with E-state index in [1.54, 1.807) is 23.1 Å². The summed E-state index contributed by atoms with van der Waals surface area (Å²) in [5.74, 6) is -0.241. The third-order valence-electron chi connectivity index (χ3n) is 4.84. The summed E-state index contributed by atoms with van der Waals surface area (Å²) in [4.78, 5) is 29.9. The second kappa shape index (κ2) is 9.30. The highest BCUT2D eigenvalue weighted by molar-refractivity contribution is 7.22. The normalized spacial score (nSPS) is 11.2. The zero-order chi connectivity index (χ0) is 22.7. The summed E-state index contributed by atoms with van der Waals surface area (Å²) in [5.41, 5.74) is 3.43. The monoisotopic (exact) mass is 463 g/mol. The van der Waals surface area contributed by atoms with E-state index in [0.29, 0.717) is 22.3 Å². The van der Waals surface area contributed by atoms with Crippen molar-refractivity contribution in [1.82, 2.24) is 4.98 Å². The molecule has 0 unspecified atom stereocenters. The van der Waals surface area contributed by atoms with E-state index in [2.05, 4.69) is 0 Å². The van der Waals surface area contributed by atoms with Gasteiger partial charge in [0.15, 0.2) is 5.13 Å².